The molecule has 1 aliphatic heterocycles. The van der Waals surface area contributed by atoms with Crippen molar-refractivity contribution in [3.8, 4) is 0 Å². The SMILES string of the molecule is COC(=O)OC1=C(c2c(C)cc(C)cc2C)C(=O)C(CC2CCOC2)C1. The van der Waals surface area contributed by atoms with E-state index >= 15 is 0 Å². The predicted molar refractivity (Wildman–Crippen MR) is 97.7 cm³/mol. The molecule has 5 nitrogen and oxygen atoms in total. The van der Waals surface area contributed by atoms with Gasteiger partial charge in [0.1, 0.15) is 5.76 Å². The summed E-state index contributed by atoms with van der Waals surface area (Å²) in [4.78, 5) is 24.9. The molecule has 1 aliphatic carbocycles. The van der Waals surface area contributed by atoms with Crippen molar-refractivity contribution in [2.45, 2.75) is 40.0 Å². The summed E-state index contributed by atoms with van der Waals surface area (Å²) in [5.74, 6) is 0.714. The number of benzene rings is 1. The van der Waals surface area contributed by atoms with E-state index in [0.717, 1.165) is 41.7 Å². The summed E-state index contributed by atoms with van der Waals surface area (Å²) in [6, 6.07) is 4.10. The van der Waals surface area contributed by atoms with Crippen molar-refractivity contribution in [3.63, 3.8) is 0 Å². The summed E-state index contributed by atoms with van der Waals surface area (Å²) in [5.41, 5.74) is 4.59. The number of hydrogen-bond donors (Lipinski definition) is 0. The van der Waals surface area contributed by atoms with Gasteiger partial charge >= 0.3 is 6.16 Å². The largest absolute Gasteiger partial charge is 0.513 e. The van der Waals surface area contributed by atoms with Gasteiger partial charge in [0.15, 0.2) is 5.78 Å². The summed E-state index contributed by atoms with van der Waals surface area (Å²) in [7, 11) is 1.27. The predicted octanol–water partition coefficient (Wildman–Crippen LogP) is 4.12. The Hall–Kier alpha value is -2.14. The third-order valence-electron chi connectivity index (χ3n) is 5.27. The normalized spacial score (nSPS) is 22.8. The highest BCUT2D eigenvalue weighted by Crippen LogP contribution is 2.41. The standard InChI is InChI=1S/C21H26O5/c1-12-7-13(2)18(14(3)8-12)19-17(26-21(23)24-4)10-16(20(19)22)9-15-5-6-25-11-15/h7-8,15-16H,5-6,9-11H2,1-4H3. The van der Waals surface area contributed by atoms with Gasteiger partial charge in [-0.25, -0.2) is 4.79 Å². The summed E-state index contributed by atoms with van der Waals surface area (Å²) < 4.78 is 15.5. The third-order valence-corrected chi connectivity index (χ3v) is 5.27. The van der Waals surface area contributed by atoms with E-state index in [-0.39, 0.29) is 11.7 Å². The van der Waals surface area contributed by atoms with E-state index in [1.165, 1.54) is 7.11 Å². The average molecular weight is 358 g/mol. The lowest BCUT2D eigenvalue weighted by Crippen LogP contribution is -2.15. The Balaban J connectivity index is 1.97. The van der Waals surface area contributed by atoms with Gasteiger partial charge in [0.2, 0.25) is 0 Å². The molecule has 0 amide bonds. The van der Waals surface area contributed by atoms with Crippen LogP contribution < -0.4 is 0 Å². The fourth-order valence-corrected chi connectivity index (χ4v) is 4.19. The molecule has 1 aromatic rings. The first-order valence-corrected chi connectivity index (χ1v) is 9.09. The van der Waals surface area contributed by atoms with Crippen LogP contribution in [0.4, 0.5) is 4.79 Å². The first kappa shape index (κ1) is 18.6. The van der Waals surface area contributed by atoms with Crippen molar-refractivity contribution >= 4 is 17.5 Å². The van der Waals surface area contributed by atoms with Crippen LogP contribution in [0.5, 0.6) is 0 Å². The smallest absolute Gasteiger partial charge is 0.437 e. The van der Waals surface area contributed by atoms with Gasteiger partial charge in [-0.2, -0.15) is 0 Å². The number of allylic oxidation sites excluding steroid dienone is 2. The van der Waals surface area contributed by atoms with Gasteiger partial charge in [-0.05, 0) is 56.2 Å². The quantitative estimate of drug-likeness (QED) is 0.758. The van der Waals surface area contributed by atoms with Crippen LogP contribution in [0.1, 0.15) is 41.5 Å². The minimum absolute atomic E-state index is 0.0610. The van der Waals surface area contributed by atoms with E-state index in [0.29, 0.717) is 30.3 Å². The Kier molecular flexibility index (Phi) is 5.47. The molecule has 0 aromatic heterocycles. The van der Waals surface area contributed by atoms with E-state index in [2.05, 4.69) is 16.9 Å². The van der Waals surface area contributed by atoms with Crippen LogP contribution in [0.3, 0.4) is 0 Å². The number of carbonyl (C=O) groups excluding carboxylic acids is 2. The zero-order valence-corrected chi connectivity index (χ0v) is 15.9. The van der Waals surface area contributed by atoms with E-state index in [4.69, 9.17) is 9.47 Å². The molecule has 2 atom stereocenters. The molecule has 2 aliphatic rings. The second-order valence-electron chi connectivity index (χ2n) is 7.36. The molecule has 1 saturated heterocycles. The summed E-state index contributed by atoms with van der Waals surface area (Å²) >= 11 is 0. The first-order valence-electron chi connectivity index (χ1n) is 9.09. The Morgan fingerprint density at radius 2 is 1.92 bits per heavy atom. The lowest BCUT2D eigenvalue weighted by atomic mass is 9.87. The number of rotatable bonds is 4. The van der Waals surface area contributed by atoms with Crippen LogP contribution in [0.2, 0.25) is 0 Å². The highest BCUT2D eigenvalue weighted by molar-refractivity contribution is 6.25. The van der Waals surface area contributed by atoms with Crippen molar-refractivity contribution in [1.82, 2.24) is 0 Å². The molecule has 0 radical (unpaired) electrons. The van der Waals surface area contributed by atoms with Gasteiger partial charge in [0, 0.05) is 25.6 Å². The maximum Gasteiger partial charge on any atom is 0.513 e. The Morgan fingerprint density at radius 3 is 2.50 bits per heavy atom. The zero-order valence-electron chi connectivity index (χ0n) is 15.9. The lowest BCUT2D eigenvalue weighted by Gasteiger charge is -2.15. The Bertz CT molecular complexity index is 733. The minimum atomic E-state index is -0.780. The molecule has 0 spiro atoms. The van der Waals surface area contributed by atoms with Gasteiger partial charge in [-0.1, -0.05) is 17.7 Å². The van der Waals surface area contributed by atoms with Crippen LogP contribution >= 0.6 is 0 Å². The molecule has 26 heavy (non-hydrogen) atoms. The molecule has 1 heterocycles. The number of methoxy groups -OCH3 is 1. The molecule has 1 aromatic carbocycles. The molecular formula is C21H26O5. The zero-order chi connectivity index (χ0) is 18.8. The first-order chi connectivity index (χ1) is 12.4. The van der Waals surface area contributed by atoms with Crippen LogP contribution in [-0.4, -0.2) is 32.3 Å². The van der Waals surface area contributed by atoms with Crippen molar-refractivity contribution in [2.24, 2.45) is 11.8 Å². The van der Waals surface area contributed by atoms with Gasteiger partial charge in [-0.15, -0.1) is 0 Å². The van der Waals surface area contributed by atoms with Crippen LogP contribution in [0, 0.1) is 32.6 Å². The van der Waals surface area contributed by atoms with Crippen LogP contribution in [0.15, 0.2) is 17.9 Å². The minimum Gasteiger partial charge on any atom is -0.437 e. The van der Waals surface area contributed by atoms with Gasteiger partial charge in [-0.3, -0.25) is 4.79 Å². The van der Waals surface area contributed by atoms with E-state index in [1.54, 1.807) is 0 Å². The van der Waals surface area contributed by atoms with E-state index < -0.39 is 6.16 Å². The number of aryl methyl sites for hydroxylation is 3. The maximum absolute atomic E-state index is 13.2. The van der Waals surface area contributed by atoms with E-state index in [9.17, 15) is 9.59 Å². The lowest BCUT2D eigenvalue weighted by molar-refractivity contribution is -0.117. The Labute approximate surface area is 154 Å². The highest BCUT2D eigenvalue weighted by atomic mass is 16.7. The van der Waals surface area contributed by atoms with Crippen molar-refractivity contribution in [3.05, 3.63) is 40.1 Å². The second kappa shape index (κ2) is 7.62. The fourth-order valence-electron chi connectivity index (χ4n) is 4.19. The average Bonchev–Trinajstić information content (AvgIpc) is 3.18. The summed E-state index contributed by atoms with van der Waals surface area (Å²) in [6.45, 7) is 7.47. The number of Topliss-reactive ketones (excluding diaryl/α,β-unsaturated/α-hetero) is 1. The molecule has 5 heteroatoms. The van der Waals surface area contributed by atoms with Gasteiger partial charge in [0.05, 0.1) is 12.7 Å². The summed E-state index contributed by atoms with van der Waals surface area (Å²) in [5, 5.41) is 0. The van der Waals surface area contributed by atoms with Gasteiger partial charge < -0.3 is 14.2 Å². The molecule has 0 saturated carbocycles. The van der Waals surface area contributed by atoms with Crippen LogP contribution in [-0.2, 0) is 19.0 Å². The molecule has 140 valence electrons. The number of ether oxygens (including phenoxy) is 3. The topological polar surface area (TPSA) is 61.8 Å². The van der Waals surface area contributed by atoms with Gasteiger partial charge in [0.25, 0.3) is 0 Å². The van der Waals surface area contributed by atoms with Crippen LogP contribution in [0.25, 0.3) is 5.57 Å². The fraction of sp³-hybridized carbons (Fsp3) is 0.524. The molecule has 0 N–H and O–H groups in total. The number of carbonyl (C=O) groups is 2. The van der Waals surface area contributed by atoms with Crippen molar-refractivity contribution in [1.29, 1.82) is 0 Å². The molecule has 2 unspecified atom stereocenters. The monoisotopic (exact) mass is 358 g/mol. The molecular weight excluding hydrogens is 332 g/mol. The Morgan fingerprint density at radius 1 is 1.23 bits per heavy atom. The summed E-state index contributed by atoms with van der Waals surface area (Å²) in [6.07, 6.45) is 1.40. The van der Waals surface area contributed by atoms with Crippen molar-refractivity contribution in [2.75, 3.05) is 20.3 Å². The third kappa shape index (κ3) is 3.68. The molecule has 0 bridgehead atoms. The second-order valence-corrected chi connectivity index (χ2v) is 7.36. The maximum atomic E-state index is 13.2. The van der Waals surface area contributed by atoms with Crippen molar-refractivity contribution < 1.29 is 23.8 Å². The number of hydrogen-bond acceptors (Lipinski definition) is 5. The van der Waals surface area contributed by atoms with E-state index in [1.807, 2.05) is 20.8 Å². The molecule has 1 fully saturated rings. The highest BCUT2D eigenvalue weighted by Gasteiger charge is 2.39. The number of ketones is 1. The molecule has 3 rings (SSSR count).